The minimum atomic E-state index is -3.83. The molecular formula is C16H20N6O4S. The van der Waals surface area contributed by atoms with E-state index in [4.69, 9.17) is 0 Å². The molecule has 27 heavy (non-hydrogen) atoms. The lowest BCUT2D eigenvalue weighted by Gasteiger charge is -2.17. The van der Waals surface area contributed by atoms with Crippen LogP contribution in [0.3, 0.4) is 0 Å². The summed E-state index contributed by atoms with van der Waals surface area (Å²) in [6, 6.07) is 6.80. The Hall–Kier alpha value is -2.79. The van der Waals surface area contributed by atoms with E-state index in [1.807, 2.05) is 6.07 Å². The van der Waals surface area contributed by atoms with Crippen molar-refractivity contribution in [3.05, 3.63) is 46.6 Å². The van der Waals surface area contributed by atoms with Crippen molar-refractivity contribution in [2.24, 2.45) is 0 Å². The fourth-order valence-electron chi connectivity index (χ4n) is 2.81. The van der Waals surface area contributed by atoms with Gasteiger partial charge in [0.25, 0.3) is 5.69 Å². The second-order valence-corrected chi connectivity index (χ2v) is 7.84. The number of sulfonamides is 1. The summed E-state index contributed by atoms with van der Waals surface area (Å²) in [6.07, 6.45) is 4.02. The molecule has 10 nitrogen and oxygen atoms in total. The number of anilines is 2. The number of nitrogens with zero attached hydrogens (tertiary/aromatic N) is 4. The predicted molar refractivity (Wildman–Crippen MR) is 100 cm³/mol. The molecule has 0 bridgehead atoms. The molecule has 2 N–H and O–H groups in total. The molecule has 1 fully saturated rings. The molecule has 0 unspecified atom stereocenters. The number of benzene rings is 1. The number of hydrogen-bond acceptors (Lipinski definition) is 8. The topological polar surface area (TPSA) is 130 Å². The van der Waals surface area contributed by atoms with Crippen molar-refractivity contribution in [3.63, 3.8) is 0 Å². The molecule has 1 saturated heterocycles. The fraction of sp³-hybridized carbons (Fsp3) is 0.375. The van der Waals surface area contributed by atoms with Crippen LogP contribution in [0.4, 0.5) is 17.2 Å². The maximum atomic E-state index is 12.3. The van der Waals surface area contributed by atoms with Crippen LogP contribution in [0.2, 0.25) is 0 Å². The summed E-state index contributed by atoms with van der Waals surface area (Å²) in [7, 11) is -3.83. The third-order valence-corrected chi connectivity index (χ3v) is 5.63. The molecule has 0 amide bonds. The zero-order valence-electron chi connectivity index (χ0n) is 14.5. The Labute approximate surface area is 156 Å². The molecule has 1 aromatic carbocycles. The average Bonchev–Trinajstić information content (AvgIpc) is 3.20. The van der Waals surface area contributed by atoms with Crippen molar-refractivity contribution < 1.29 is 13.3 Å². The van der Waals surface area contributed by atoms with Gasteiger partial charge in [-0.05, 0) is 18.9 Å². The highest BCUT2D eigenvalue weighted by Crippen LogP contribution is 2.20. The van der Waals surface area contributed by atoms with E-state index in [0.717, 1.165) is 37.7 Å². The van der Waals surface area contributed by atoms with Gasteiger partial charge in [-0.2, -0.15) is 5.10 Å². The lowest BCUT2D eigenvalue weighted by molar-refractivity contribution is -0.385. The van der Waals surface area contributed by atoms with Gasteiger partial charge in [-0.15, -0.1) is 5.10 Å². The smallest absolute Gasteiger partial charge is 0.270 e. The summed E-state index contributed by atoms with van der Waals surface area (Å²) in [4.78, 5) is 12.2. The quantitative estimate of drug-likeness (QED) is 0.391. The van der Waals surface area contributed by atoms with E-state index in [1.54, 1.807) is 6.20 Å². The van der Waals surface area contributed by atoms with Gasteiger partial charge in [0.2, 0.25) is 10.0 Å². The highest BCUT2D eigenvalue weighted by atomic mass is 32.2. The maximum Gasteiger partial charge on any atom is 0.270 e. The van der Waals surface area contributed by atoms with Gasteiger partial charge in [0.1, 0.15) is 0 Å². The Bertz CT molecular complexity index is 915. The number of nitro groups is 1. The normalized spacial score (nSPS) is 14.3. The van der Waals surface area contributed by atoms with E-state index in [9.17, 15) is 18.5 Å². The summed E-state index contributed by atoms with van der Waals surface area (Å²) in [5, 5.41) is 21.8. The van der Waals surface area contributed by atoms with Gasteiger partial charge in [-0.3, -0.25) is 10.1 Å². The van der Waals surface area contributed by atoms with E-state index < -0.39 is 14.9 Å². The van der Waals surface area contributed by atoms with Gasteiger partial charge in [0, 0.05) is 44.4 Å². The van der Waals surface area contributed by atoms with Gasteiger partial charge < -0.3 is 10.2 Å². The summed E-state index contributed by atoms with van der Waals surface area (Å²) < 4.78 is 26.9. The average molecular weight is 392 g/mol. The van der Waals surface area contributed by atoms with E-state index in [1.165, 1.54) is 18.2 Å². The van der Waals surface area contributed by atoms with Crippen molar-refractivity contribution in [2.45, 2.75) is 17.7 Å². The predicted octanol–water partition coefficient (Wildman–Crippen LogP) is 1.38. The number of rotatable bonds is 8. The molecule has 1 aliphatic rings. The molecule has 3 rings (SSSR count). The van der Waals surface area contributed by atoms with Crippen molar-refractivity contribution in [3.8, 4) is 0 Å². The standard InChI is InChI=1S/C16H20N6O4S/c23-22(24)13-4-3-5-15(10-13)27(25,26)19-7-6-17-16-11-14(12-18-20-16)21-8-1-2-9-21/h3-5,10-12,19H,1-2,6-9H2,(H,17,20). The number of nitrogens with one attached hydrogen (secondary N) is 2. The van der Waals surface area contributed by atoms with Crippen molar-refractivity contribution in [1.29, 1.82) is 0 Å². The Morgan fingerprint density at radius 1 is 1.19 bits per heavy atom. The lowest BCUT2D eigenvalue weighted by atomic mass is 10.3. The molecule has 0 radical (unpaired) electrons. The molecule has 1 aliphatic heterocycles. The van der Waals surface area contributed by atoms with Crippen LogP contribution in [0.15, 0.2) is 41.4 Å². The molecule has 0 aliphatic carbocycles. The second-order valence-electron chi connectivity index (χ2n) is 6.07. The van der Waals surface area contributed by atoms with Crippen LogP contribution in [-0.2, 0) is 10.0 Å². The highest BCUT2D eigenvalue weighted by molar-refractivity contribution is 7.89. The zero-order valence-corrected chi connectivity index (χ0v) is 15.4. The van der Waals surface area contributed by atoms with E-state index in [0.29, 0.717) is 12.4 Å². The SMILES string of the molecule is O=[N+]([O-])c1cccc(S(=O)(=O)NCCNc2cc(N3CCCC3)cnn2)c1. The van der Waals surface area contributed by atoms with E-state index in [2.05, 4.69) is 25.1 Å². The second kappa shape index (κ2) is 8.27. The number of aromatic nitrogens is 2. The van der Waals surface area contributed by atoms with Crippen LogP contribution in [0, 0.1) is 10.1 Å². The monoisotopic (exact) mass is 392 g/mol. The van der Waals surface area contributed by atoms with Gasteiger partial charge in [-0.1, -0.05) is 6.07 Å². The Balaban J connectivity index is 1.54. The first-order valence-corrected chi connectivity index (χ1v) is 10.00. The Morgan fingerprint density at radius 3 is 2.70 bits per heavy atom. The van der Waals surface area contributed by atoms with Crippen LogP contribution in [0.5, 0.6) is 0 Å². The lowest BCUT2D eigenvalue weighted by Crippen LogP contribution is -2.29. The Morgan fingerprint density at radius 2 is 1.96 bits per heavy atom. The minimum absolute atomic E-state index is 0.0979. The molecule has 2 heterocycles. The summed E-state index contributed by atoms with van der Waals surface area (Å²) in [5.74, 6) is 0.564. The summed E-state index contributed by atoms with van der Waals surface area (Å²) in [6.45, 7) is 2.38. The van der Waals surface area contributed by atoms with E-state index in [-0.39, 0.29) is 17.1 Å². The highest BCUT2D eigenvalue weighted by Gasteiger charge is 2.17. The number of hydrogen-bond donors (Lipinski definition) is 2. The van der Waals surface area contributed by atoms with E-state index >= 15 is 0 Å². The first-order chi connectivity index (χ1) is 13.0. The number of nitro benzene ring substituents is 1. The van der Waals surface area contributed by atoms with Crippen molar-refractivity contribution >= 4 is 27.2 Å². The first kappa shape index (κ1) is 19.0. The molecule has 11 heteroatoms. The van der Waals surface area contributed by atoms with Gasteiger partial charge in [0.05, 0.1) is 21.7 Å². The van der Waals surface area contributed by atoms with Gasteiger partial charge >= 0.3 is 0 Å². The molecule has 2 aromatic rings. The summed E-state index contributed by atoms with van der Waals surface area (Å²) in [5.41, 5.74) is 0.715. The molecule has 144 valence electrons. The van der Waals surface area contributed by atoms with Crippen LogP contribution in [0.25, 0.3) is 0 Å². The first-order valence-electron chi connectivity index (χ1n) is 8.51. The van der Waals surface area contributed by atoms with Gasteiger partial charge in [0.15, 0.2) is 5.82 Å². The van der Waals surface area contributed by atoms with Gasteiger partial charge in [-0.25, -0.2) is 13.1 Å². The molecule has 0 saturated carbocycles. The van der Waals surface area contributed by atoms with Crippen LogP contribution in [-0.4, -0.2) is 49.7 Å². The molecule has 0 spiro atoms. The van der Waals surface area contributed by atoms with Crippen molar-refractivity contribution in [2.75, 3.05) is 36.4 Å². The van der Waals surface area contributed by atoms with Crippen LogP contribution >= 0.6 is 0 Å². The molecular weight excluding hydrogens is 372 g/mol. The zero-order chi connectivity index (χ0) is 19.3. The van der Waals surface area contributed by atoms with Crippen LogP contribution < -0.4 is 14.9 Å². The molecule has 1 aromatic heterocycles. The van der Waals surface area contributed by atoms with Crippen molar-refractivity contribution in [1.82, 2.24) is 14.9 Å². The summed E-state index contributed by atoms with van der Waals surface area (Å²) >= 11 is 0. The maximum absolute atomic E-state index is 12.3. The Kier molecular flexibility index (Phi) is 5.81. The largest absolute Gasteiger partial charge is 0.370 e. The third kappa shape index (κ3) is 4.89. The van der Waals surface area contributed by atoms with Crippen LogP contribution in [0.1, 0.15) is 12.8 Å². The third-order valence-electron chi connectivity index (χ3n) is 4.17. The molecule has 0 atom stereocenters. The fourth-order valence-corrected chi connectivity index (χ4v) is 3.89. The minimum Gasteiger partial charge on any atom is -0.370 e. The number of non-ortho nitro benzene ring substituents is 1.